The molecule has 1 aromatic rings. The van der Waals surface area contributed by atoms with Crippen LogP contribution in [0.1, 0.15) is 86.7 Å². The fraction of sp³-hybridized carbons (Fsp3) is 0.690. The number of primary amides is 1. The Balaban J connectivity index is 1.70. The van der Waals surface area contributed by atoms with Gasteiger partial charge in [0.15, 0.2) is 5.78 Å². The molecule has 0 saturated carbocycles. The van der Waals surface area contributed by atoms with Gasteiger partial charge in [-0.3, -0.25) is 14.4 Å². The van der Waals surface area contributed by atoms with Gasteiger partial charge in [-0.1, -0.05) is 39.8 Å². The maximum absolute atomic E-state index is 14.3. The van der Waals surface area contributed by atoms with Crippen molar-refractivity contribution in [2.45, 2.75) is 83.5 Å². The van der Waals surface area contributed by atoms with Crippen LogP contribution >= 0.6 is 0 Å². The highest BCUT2D eigenvalue weighted by atomic mass is 16.5. The Morgan fingerprint density at radius 1 is 1.22 bits per heavy atom. The summed E-state index contributed by atoms with van der Waals surface area (Å²) in [5.74, 6) is -1.04. The van der Waals surface area contributed by atoms with Gasteiger partial charge in [0.1, 0.15) is 24.9 Å². The van der Waals surface area contributed by atoms with E-state index >= 15 is 0 Å². The van der Waals surface area contributed by atoms with Gasteiger partial charge >= 0.3 is 0 Å². The third-order valence-corrected chi connectivity index (χ3v) is 8.15. The van der Waals surface area contributed by atoms with Crippen molar-refractivity contribution in [3.8, 4) is 0 Å². The summed E-state index contributed by atoms with van der Waals surface area (Å²) in [5, 5.41) is 0. The number of fused-ring (bicyclic) bond motifs is 1. The Kier molecular flexibility index (Phi) is 8.41. The molecule has 1 aromatic carbocycles. The second kappa shape index (κ2) is 11.2. The Hall–Kier alpha value is -2.29. The lowest BCUT2D eigenvalue weighted by Crippen LogP contribution is -2.45. The predicted octanol–water partition coefficient (Wildman–Crippen LogP) is 3.09. The van der Waals surface area contributed by atoms with E-state index in [1.165, 1.54) is 0 Å². The fourth-order valence-electron chi connectivity index (χ4n) is 6.34. The van der Waals surface area contributed by atoms with Crippen molar-refractivity contribution in [2.24, 2.45) is 11.1 Å². The first kappa shape index (κ1) is 27.7. The third kappa shape index (κ3) is 5.91. The van der Waals surface area contributed by atoms with Gasteiger partial charge in [-0.2, -0.15) is 0 Å². The molecular weight excluding hydrogens is 470 g/mol. The summed E-state index contributed by atoms with van der Waals surface area (Å²) in [6, 6.07) is 5.19. The van der Waals surface area contributed by atoms with Gasteiger partial charge in [0, 0.05) is 12.7 Å². The van der Waals surface area contributed by atoms with Gasteiger partial charge in [-0.15, -0.1) is 0 Å². The number of benzene rings is 1. The second-order valence-corrected chi connectivity index (χ2v) is 12.1. The molecule has 8 nitrogen and oxygen atoms in total. The maximum atomic E-state index is 14.3. The third-order valence-electron chi connectivity index (χ3n) is 8.15. The molecule has 3 fully saturated rings. The van der Waals surface area contributed by atoms with E-state index in [0.717, 1.165) is 44.5 Å². The van der Waals surface area contributed by atoms with Crippen molar-refractivity contribution in [3.05, 3.63) is 34.9 Å². The lowest BCUT2D eigenvalue weighted by atomic mass is 9.77. The minimum Gasteiger partial charge on any atom is -0.377 e. The molecule has 3 aliphatic heterocycles. The van der Waals surface area contributed by atoms with Crippen LogP contribution in [-0.4, -0.2) is 85.5 Å². The molecule has 4 rings (SSSR count). The quantitative estimate of drug-likeness (QED) is 0.573. The minimum absolute atomic E-state index is 0.0122. The molecule has 0 bridgehead atoms. The van der Waals surface area contributed by atoms with E-state index < -0.39 is 24.0 Å². The lowest BCUT2D eigenvalue weighted by molar-refractivity contribution is -0.138. The van der Waals surface area contributed by atoms with Crippen LogP contribution in [0.25, 0.3) is 0 Å². The smallest absolute Gasteiger partial charge is 0.249 e. The highest BCUT2D eigenvalue weighted by Gasteiger charge is 2.53. The first-order chi connectivity index (χ1) is 17.5. The Labute approximate surface area is 220 Å². The number of ether oxygens (including phenoxy) is 2. The normalized spacial score (nSPS) is 25.9. The molecule has 3 heterocycles. The second-order valence-electron chi connectivity index (χ2n) is 12.1. The standard InChI is InChI=1S/C29H43N3O5/c1-6-11-31-12-9-18(10-13-31)19-7-8-20(27(30)34)21(14-19)22(15-29(2,3)4)28(35)32-16-24(36-5)26-25(32)23(33)17-37-26/h7-8,14,18,22,24-26H,6,9-13,15-17H2,1-5H3,(H2,30,34)/t22-,24+,25+,26+/m0/s1. The predicted molar refractivity (Wildman–Crippen MR) is 142 cm³/mol. The molecule has 0 aromatic heterocycles. The molecular formula is C29H43N3O5. The SMILES string of the molecule is CCCN1CCC(c2ccc(C(N)=O)c([C@H](CC(C)(C)C)C(=O)N3C[C@@H](OC)[C@H]4OCC(=O)[C@H]43)c2)CC1. The number of piperidine rings is 1. The summed E-state index contributed by atoms with van der Waals surface area (Å²) < 4.78 is 11.3. The van der Waals surface area contributed by atoms with Crippen molar-refractivity contribution in [3.63, 3.8) is 0 Å². The Bertz CT molecular complexity index is 1010. The highest BCUT2D eigenvalue weighted by molar-refractivity contribution is 5.99. The topological polar surface area (TPSA) is 102 Å². The van der Waals surface area contributed by atoms with E-state index in [1.807, 2.05) is 12.1 Å². The number of hydrogen-bond donors (Lipinski definition) is 1. The number of rotatable bonds is 8. The molecule has 37 heavy (non-hydrogen) atoms. The molecule has 3 saturated heterocycles. The minimum atomic E-state index is -0.650. The fourth-order valence-corrected chi connectivity index (χ4v) is 6.34. The van der Waals surface area contributed by atoms with Gasteiger partial charge in [-0.05, 0) is 73.8 Å². The Morgan fingerprint density at radius 3 is 2.51 bits per heavy atom. The van der Waals surface area contributed by atoms with Gasteiger partial charge in [-0.25, -0.2) is 0 Å². The number of carbonyl (C=O) groups is 3. The first-order valence-corrected chi connectivity index (χ1v) is 13.7. The number of Topliss-reactive ketones (excluding diaryl/α,β-unsaturated/α-hetero) is 1. The lowest BCUT2D eigenvalue weighted by Gasteiger charge is -2.34. The molecule has 2 amide bonds. The number of hydrogen-bond acceptors (Lipinski definition) is 6. The van der Waals surface area contributed by atoms with Crippen LogP contribution in [0, 0.1) is 5.41 Å². The number of methoxy groups -OCH3 is 1. The maximum Gasteiger partial charge on any atom is 0.249 e. The van der Waals surface area contributed by atoms with Crippen LogP contribution in [0.5, 0.6) is 0 Å². The highest BCUT2D eigenvalue weighted by Crippen LogP contribution is 2.40. The largest absolute Gasteiger partial charge is 0.377 e. The molecule has 0 aliphatic carbocycles. The van der Waals surface area contributed by atoms with Gasteiger partial charge in [0.25, 0.3) is 0 Å². The van der Waals surface area contributed by atoms with Crippen molar-refractivity contribution >= 4 is 17.6 Å². The average molecular weight is 514 g/mol. The number of nitrogens with two attached hydrogens (primary N) is 1. The summed E-state index contributed by atoms with van der Waals surface area (Å²) >= 11 is 0. The van der Waals surface area contributed by atoms with Crippen molar-refractivity contribution in [1.82, 2.24) is 9.80 Å². The van der Waals surface area contributed by atoms with Crippen molar-refractivity contribution in [1.29, 1.82) is 0 Å². The van der Waals surface area contributed by atoms with Crippen LogP contribution in [0.2, 0.25) is 0 Å². The number of amides is 2. The van der Waals surface area contributed by atoms with E-state index in [9.17, 15) is 14.4 Å². The number of ketones is 1. The van der Waals surface area contributed by atoms with E-state index in [1.54, 1.807) is 18.1 Å². The summed E-state index contributed by atoms with van der Waals surface area (Å²) in [4.78, 5) is 43.7. The summed E-state index contributed by atoms with van der Waals surface area (Å²) in [6.07, 6.45) is 2.95. The number of nitrogens with zero attached hydrogens (tertiary/aromatic N) is 2. The van der Waals surface area contributed by atoms with Crippen LogP contribution in [0.15, 0.2) is 18.2 Å². The van der Waals surface area contributed by atoms with Gasteiger partial charge < -0.3 is 25.0 Å². The van der Waals surface area contributed by atoms with Crippen LogP contribution in [0.3, 0.4) is 0 Å². The zero-order valence-corrected chi connectivity index (χ0v) is 23.0. The molecule has 2 N–H and O–H groups in total. The van der Waals surface area contributed by atoms with Gasteiger partial charge in [0.05, 0.1) is 12.5 Å². The van der Waals surface area contributed by atoms with E-state index in [4.69, 9.17) is 15.2 Å². The number of likely N-dealkylation sites (tertiary alicyclic amines) is 2. The summed E-state index contributed by atoms with van der Waals surface area (Å²) in [6.45, 7) is 11.9. The van der Waals surface area contributed by atoms with Crippen LogP contribution < -0.4 is 5.73 Å². The molecule has 8 heteroatoms. The number of carbonyl (C=O) groups excluding carboxylic acids is 3. The van der Waals surface area contributed by atoms with Gasteiger partial charge in [0.2, 0.25) is 11.8 Å². The molecule has 0 radical (unpaired) electrons. The zero-order valence-electron chi connectivity index (χ0n) is 23.0. The molecule has 0 spiro atoms. The summed E-state index contributed by atoms with van der Waals surface area (Å²) in [7, 11) is 1.58. The van der Waals surface area contributed by atoms with E-state index in [2.05, 4.69) is 32.6 Å². The average Bonchev–Trinajstić information content (AvgIpc) is 3.42. The molecule has 3 aliphatic rings. The van der Waals surface area contributed by atoms with Crippen molar-refractivity contribution < 1.29 is 23.9 Å². The van der Waals surface area contributed by atoms with Crippen molar-refractivity contribution in [2.75, 3.05) is 39.9 Å². The van der Waals surface area contributed by atoms with Crippen LogP contribution in [-0.2, 0) is 19.1 Å². The first-order valence-electron chi connectivity index (χ1n) is 13.7. The van der Waals surface area contributed by atoms with E-state index in [-0.39, 0.29) is 29.8 Å². The molecule has 0 unspecified atom stereocenters. The monoisotopic (exact) mass is 513 g/mol. The van der Waals surface area contributed by atoms with E-state index in [0.29, 0.717) is 30.0 Å². The molecule has 204 valence electrons. The summed E-state index contributed by atoms with van der Waals surface area (Å²) in [5.41, 5.74) is 7.83. The zero-order chi connectivity index (χ0) is 26.9. The Morgan fingerprint density at radius 2 is 1.92 bits per heavy atom. The molecule has 4 atom stereocenters. The van der Waals surface area contributed by atoms with Crippen LogP contribution in [0.4, 0.5) is 0 Å².